The van der Waals surface area contributed by atoms with Crippen molar-refractivity contribution in [3.63, 3.8) is 0 Å². The van der Waals surface area contributed by atoms with Crippen LogP contribution in [-0.4, -0.2) is 20.6 Å². The number of rotatable bonds is 6. The molecule has 5 nitrogen and oxygen atoms in total. The van der Waals surface area contributed by atoms with Crippen molar-refractivity contribution < 1.29 is 0 Å². The second-order valence-corrected chi connectivity index (χ2v) is 6.50. The predicted octanol–water partition coefficient (Wildman–Crippen LogP) is 4.31. The first-order valence-electron chi connectivity index (χ1n) is 9.01. The summed E-state index contributed by atoms with van der Waals surface area (Å²) in [4.78, 5) is 0. The van der Waals surface area contributed by atoms with Crippen molar-refractivity contribution in [1.29, 1.82) is 0 Å². The Balaban J connectivity index is 1.64. The summed E-state index contributed by atoms with van der Waals surface area (Å²) in [6, 6.07) is 29.6. The third-order valence-electron chi connectivity index (χ3n) is 4.70. The number of tetrazole rings is 1. The molecule has 0 fully saturated rings. The molecule has 3 aromatic carbocycles. The smallest absolute Gasteiger partial charge is 0.204 e. The molecule has 4 rings (SSSR count). The zero-order valence-corrected chi connectivity index (χ0v) is 15.1. The molecular weight excluding hydrogens is 334 g/mol. The van der Waals surface area contributed by atoms with Crippen LogP contribution in [0.15, 0.2) is 84.9 Å². The minimum atomic E-state index is 0.0840. The molecule has 27 heavy (non-hydrogen) atoms. The van der Waals surface area contributed by atoms with Crippen molar-refractivity contribution in [2.24, 2.45) is 0 Å². The van der Waals surface area contributed by atoms with Gasteiger partial charge in [-0.3, -0.25) is 5.32 Å². The van der Waals surface area contributed by atoms with E-state index < -0.39 is 0 Å². The van der Waals surface area contributed by atoms with Crippen LogP contribution in [0.5, 0.6) is 0 Å². The first kappa shape index (κ1) is 17.1. The minimum absolute atomic E-state index is 0.0840. The molecule has 2 atom stereocenters. The Morgan fingerprint density at radius 1 is 0.741 bits per heavy atom. The number of nitrogens with one attached hydrogen (secondary N) is 2. The van der Waals surface area contributed by atoms with E-state index in [1.807, 2.05) is 24.3 Å². The monoisotopic (exact) mass is 355 g/mol. The summed E-state index contributed by atoms with van der Waals surface area (Å²) in [6.07, 6.45) is 0. The highest BCUT2D eigenvalue weighted by atomic mass is 15.5. The summed E-state index contributed by atoms with van der Waals surface area (Å²) >= 11 is 0. The molecular formula is C22H21N5. The van der Waals surface area contributed by atoms with Crippen molar-refractivity contribution in [2.75, 3.05) is 0 Å². The average Bonchev–Trinajstić information content (AvgIpc) is 3.28. The van der Waals surface area contributed by atoms with Crippen molar-refractivity contribution in [2.45, 2.75) is 19.0 Å². The number of H-pyrrole nitrogens is 1. The highest BCUT2D eigenvalue weighted by Crippen LogP contribution is 2.27. The molecule has 4 aromatic rings. The standard InChI is InChI=1S/C22H21N5/c1-16(17-8-4-2-5-9-17)23-21(18-10-6-3-7-11-18)19-12-14-20(15-13-19)22-24-26-27-25-22/h2-16,21,23H,1H3,(H,24,25,26,27)/t16-,21?/m0/s1. The molecule has 1 unspecified atom stereocenters. The number of benzene rings is 3. The number of nitrogens with zero attached hydrogens (tertiary/aromatic N) is 3. The first-order chi connectivity index (χ1) is 13.3. The maximum Gasteiger partial charge on any atom is 0.204 e. The van der Waals surface area contributed by atoms with Gasteiger partial charge in [-0.2, -0.15) is 5.21 Å². The van der Waals surface area contributed by atoms with Gasteiger partial charge < -0.3 is 0 Å². The van der Waals surface area contributed by atoms with Crippen molar-refractivity contribution in [3.05, 3.63) is 102 Å². The molecule has 2 N–H and O–H groups in total. The van der Waals surface area contributed by atoms with Gasteiger partial charge in [-0.25, -0.2) is 0 Å². The van der Waals surface area contributed by atoms with Gasteiger partial charge in [0, 0.05) is 11.6 Å². The normalized spacial score (nSPS) is 13.2. The number of hydrogen-bond donors (Lipinski definition) is 2. The molecule has 0 amide bonds. The SMILES string of the molecule is C[C@H](NC(c1ccccc1)c1ccc(-c2nn[nH]n2)cc1)c1ccccc1. The zero-order chi connectivity index (χ0) is 18.5. The molecule has 134 valence electrons. The van der Waals surface area contributed by atoms with Gasteiger partial charge in [0.15, 0.2) is 0 Å². The van der Waals surface area contributed by atoms with Crippen LogP contribution in [0.4, 0.5) is 0 Å². The minimum Gasteiger partial charge on any atom is -0.300 e. The molecule has 0 aliphatic rings. The van der Waals surface area contributed by atoms with Gasteiger partial charge in [0.25, 0.3) is 0 Å². The van der Waals surface area contributed by atoms with Crippen molar-refractivity contribution in [1.82, 2.24) is 25.9 Å². The Kier molecular flexibility index (Phi) is 5.03. The fraction of sp³-hybridized carbons (Fsp3) is 0.136. The summed E-state index contributed by atoms with van der Waals surface area (Å²) in [6.45, 7) is 2.19. The van der Waals surface area contributed by atoms with E-state index in [1.54, 1.807) is 0 Å². The maximum atomic E-state index is 4.04. The number of aromatic amines is 1. The molecule has 5 heteroatoms. The lowest BCUT2D eigenvalue weighted by atomic mass is 9.96. The molecule has 0 bridgehead atoms. The van der Waals surface area contributed by atoms with Crippen LogP contribution in [-0.2, 0) is 0 Å². The highest BCUT2D eigenvalue weighted by Gasteiger charge is 2.17. The molecule has 0 aliphatic carbocycles. The summed E-state index contributed by atoms with van der Waals surface area (Å²) in [5.41, 5.74) is 4.63. The van der Waals surface area contributed by atoms with Gasteiger partial charge in [-0.15, -0.1) is 10.2 Å². The molecule has 1 heterocycles. The Morgan fingerprint density at radius 2 is 1.33 bits per heavy atom. The van der Waals surface area contributed by atoms with Gasteiger partial charge in [-0.05, 0) is 28.8 Å². The van der Waals surface area contributed by atoms with Gasteiger partial charge in [0.2, 0.25) is 5.82 Å². The summed E-state index contributed by atoms with van der Waals surface area (Å²) in [5, 5.41) is 18.0. The van der Waals surface area contributed by atoms with E-state index in [0.717, 1.165) is 5.56 Å². The topological polar surface area (TPSA) is 66.5 Å². The van der Waals surface area contributed by atoms with Crippen LogP contribution < -0.4 is 5.32 Å². The van der Waals surface area contributed by atoms with Crippen LogP contribution in [0.1, 0.15) is 35.7 Å². The summed E-state index contributed by atoms with van der Waals surface area (Å²) in [5.74, 6) is 0.600. The van der Waals surface area contributed by atoms with Crippen LogP contribution in [0.2, 0.25) is 0 Å². The highest BCUT2D eigenvalue weighted by molar-refractivity contribution is 5.54. The van der Waals surface area contributed by atoms with Crippen LogP contribution >= 0.6 is 0 Å². The second-order valence-electron chi connectivity index (χ2n) is 6.50. The molecule has 0 saturated carbocycles. The number of hydrogen-bond acceptors (Lipinski definition) is 4. The van der Waals surface area contributed by atoms with Crippen LogP contribution in [0, 0.1) is 0 Å². The molecule has 1 aromatic heterocycles. The fourth-order valence-corrected chi connectivity index (χ4v) is 3.23. The van der Waals surface area contributed by atoms with Gasteiger partial charge in [0.1, 0.15) is 0 Å². The van der Waals surface area contributed by atoms with Crippen molar-refractivity contribution in [3.8, 4) is 11.4 Å². The summed E-state index contributed by atoms with van der Waals surface area (Å²) in [7, 11) is 0. The predicted molar refractivity (Wildman–Crippen MR) is 106 cm³/mol. The maximum absolute atomic E-state index is 4.04. The second kappa shape index (κ2) is 7.93. The van der Waals surface area contributed by atoms with Crippen LogP contribution in [0.3, 0.4) is 0 Å². The third kappa shape index (κ3) is 3.93. The zero-order valence-electron chi connectivity index (χ0n) is 15.1. The number of aromatic nitrogens is 4. The lowest BCUT2D eigenvalue weighted by molar-refractivity contribution is 0.516. The largest absolute Gasteiger partial charge is 0.300 e. The Hall–Kier alpha value is -3.31. The average molecular weight is 355 g/mol. The van der Waals surface area contributed by atoms with Gasteiger partial charge in [-0.1, -0.05) is 84.9 Å². The molecule has 0 radical (unpaired) electrons. The van der Waals surface area contributed by atoms with E-state index in [9.17, 15) is 0 Å². The quantitative estimate of drug-likeness (QED) is 0.541. The Bertz CT molecular complexity index is 951. The molecule has 0 aliphatic heterocycles. The van der Waals surface area contributed by atoms with Gasteiger partial charge >= 0.3 is 0 Å². The molecule has 0 spiro atoms. The lowest BCUT2D eigenvalue weighted by Gasteiger charge is -2.25. The van der Waals surface area contributed by atoms with Gasteiger partial charge in [0.05, 0.1) is 6.04 Å². The Morgan fingerprint density at radius 3 is 1.93 bits per heavy atom. The Labute approximate surface area is 158 Å². The van der Waals surface area contributed by atoms with E-state index in [1.165, 1.54) is 16.7 Å². The third-order valence-corrected chi connectivity index (χ3v) is 4.70. The first-order valence-corrected chi connectivity index (χ1v) is 9.01. The van der Waals surface area contributed by atoms with E-state index in [-0.39, 0.29) is 12.1 Å². The lowest BCUT2D eigenvalue weighted by Crippen LogP contribution is -2.25. The van der Waals surface area contributed by atoms with E-state index >= 15 is 0 Å². The van der Waals surface area contributed by atoms with E-state index in [2.05, 4.69) is 93.5 Å². The van der Waals surface area contributed by atoms with E-state index in [4.69, 9.17) is 0 Å². The van der Waals surface area contributed by atoms with Crippen LogP contribution in [0.25, 0.3) is 11.4 Å². The van der Waals surface area contributed by atoms with E-state index in [0.29, 0.717) is 5.82 Å². The summed E-state index contributed by atoms with van der Waals surface area (Å²) < 4.78 is 0. The fourth-order valence-electron chi connectivity index (χ4n) is 3.23. The molecule has 0 saturated heterocycles. The van der Waals surface area contributed by atoms with Crippen molar-refractivity contribution >= 4 is 0 Å².